The van der Waals surface area contributed by atoms with Crippen molar-refractivity contribution in [3.05, 3.63) is 218 Å². The highest BCUT2D eigenvalue weighted by Crippen LogP contribution is 2.49. The van der Waals surface area contributed by atoms with E-state index >= 15 is 0 Å². The van der Waals surface area contributed by atoms with Crippen LogP contribution < -0.4 is 9.64 Å². The summed E-state index contributed by atoms with van der Waals surface area (Å²) in [5, 5.41) is 7.02. The molecule has 0 saturated heterocycles. The molecule has 62 heavy (non-hydrogen) atoms. The predicted molar refractivity (Wildman–Crippen MR) is 257 cm³/mol. The SMILES string of the molecule is c1cc(-c2ccc(N(c3ccccc3-c3ccc4c(c3)c3cccc5c3n4-c3ccccc3O5)c3cccc4c3oc3ccccc34)cc2)cc(-c2cccc3ccccc23)c1. The average Bonchev–Trinajstić information content (AvgIpc) is 3.89. The van der Waals surface area contributed by atoms with E-state index in [2.05, 4.69) is 210 Å². The van der Waals surface area contributed by atoms with Gasteiger partial charge in [-0.15, -0.1) is 0 Å². The first-order valence-electron chi connectivity index (χ1n) is 21.1. The van der Waals surface area contributed by atoms with Gasteiger partial charge in [0.25, 0.3) is 0 Å². The summed E-state index contributed by atoms with van der Waals surface area (Å²) in [4.78, 5) is 2.36. The van der Waals surface area contributed by atoms with Gasteiger partial charge in [0, 0.05) is 32.8 Å². The van der Waals surface area contributed by atoms with E-state index in [9.17, 15) is 0 Å². The molecule has 0 saturated carbocycles. The number of nitrogens with zero attached hydrogens (tertiary/aromatic N) is 2. The van der Waals surface area contributed by atoms with Crippen LogP contribution in [0.4, 0.5) is 17.1 Å². The molecule has 12 aromatic rings. The summed E-state index contributed by atoms with van der Waals surface area (Å²) < 4.78 is 15.5. The molecule has 0 unspecified atom stereocenters. The normalized spacial score (nSPS) is 12.0. The molecule has 0 atom stereocenters. The van der Waals surface area contributed by atoms with Crippen molar-refractivity contribution in [3.63, 3.8) is 0 Å². The van der Waals surface area contributed by atoms with Gasteiger partial charge in [0.2, 0.25) is 0 Å². The maximum absolute atomic E-state index is 6.74. The topological polar surface area (TPSA) is 30.5 Å². The molecule has 4 heteroatoms. The molecule has 2 aromatic heterocycles. The molecule has 3 heterocycles. The number of rotatable bonds is 6. The zero-order valence-electron chi connectivity index (χ0n) is 33.5. The lowest BCUT2D eigenvalue weighted by atomic mass is 9.95. The molecular formula is C58H36N2O2. The Kier molecular flexibility index (Phi) is 7.57. The number of fused-ring (bicyclic) bond motifs is 9. The lowest BCUT2D eigenvalue weighted by molar-refractivity contribution is 0.476. The van der Waals surface area contributed by atoms with E-state index in [-0.39, 0.29) is 0 Å². The zero-order chi connectivity index (χ0) is 40.7. The second-order valence-electron chi connectivity index (χ2n) is 16.0. The Labute approximate surface area is 357 Å². The molecular weight excluding hydrogens is 757 g/mol. The molecule has 0 fully saturated rings. The molecule has 0 spiro atoms. The molecule has 0 amide bonds. The Hall–Kier alpha value is -8.34. The number of ether oxygens (including phenoxy) is 1. The summed E-state index contributed by atoms with van der Waals surface area (Å²) in [6, 6.07) is 78.0. The molecule has 0 N–H and O–H groups in total. The highest BCUT2D eigenvalue weighted by molar-refractivity contribution is 6.14. The van der Waals surface area contributed by atoms with E-state index in [0.29, 0.717) is 0 Å². The maximum atomic E-state index is 6.74. The van der Waals surface area contributed by atoms with E-state index in [1.54, 1.807) is 0 Å². The third kappa shape index (κ3) is 5.27. The van der Waals surface area contributed by atoms with Crippen LogP contribution in [0.1, 0.15) is 0 Å². The van der Waals surface area contributed by atoms with E-state index in [0.717, 1.165) is 89.3 Å². The minimum atomic E-state index is 0.846. The van der Waals surface area contributed by atoms with Gasteiger partial charge in [0.15, 0.2) is 17.1 Å². The van der Waals surface area contributed by atoms with Gasteiger partial charge >= 0.3 is 0 Å². The molecule has 13 rings (SSSR count). The van der Waals surface area contributed by atoms with Crippen LogP contribution in [-0.4, -0.2) is 4.57 Å². The third-order valence-electron chi connectivity index (χ3n) is 12.6. The molecule has 290 valence electrons. The van der Waals surface area contributed by atoms with Crippen molar-refractivity contribution in [2.45, 2.75) is 0 Å². The number of anilines is 3. The second kappa shape index (κ2) is 13.6. The Bertz CT molecular complexity index is 3740. The number of hydrogen-bond donors (Lipinski definition) is 0. The maximum Gasteiger partial charge on any atom is 0.159 e. The van der Waals surface area contributed by atoms with Crippen molar-refractivity contribution in [2.75, 3.05) is 4.90 Å². The molecule has 10 aromatic carbocycles. The van der Waals surface area contributed by atoms with Crippen LogP contribution in [-0.2, 0) is 0 Å². The van der Waals surface area contributed by atoms with Gasteiger partial charge in [-0.3, -0.25) is 0 Å². The van der Waals surface area contributed by atoms with Crippen LogP contribution in [0.2, 0.25) is 0 Å². The van der Waals surface area contributed by atoms with Crippen molar-refractivity contribution in [3.8, 4) is 50.6 Å². The highest BCUT2D eigenvalue weighted by atomic mass is 16.5. The van der Waals surface area contributed by atoms with Crippen molar-refractivity contribution in [1.29, 1.82) is 0 Å². The number of benzene rings is 10. The Morgan fingerprint density at radius 2 is 1.03 bits per heavy atom. The van der Waals surface area contributed by atoms with Crippen LogP contribution in [0.25, 0.3) is 93.6 Å². The van der Waals surface area contributed by atoms with Crippen LogP contribution in [0.3, 0.4) is 0 Å². The number of hydrogen-bond acceptors (Lipinski definition) is 3. The van der Waals surface area contributed by atoms with Crippen LogP contribution in [0.15, 0.2) is 223 Å². The lowest BCUT2D eigenvalue weighted by Crippen LogP contribution is -2.11. The molecule has 1 aliphatic heterocycles. The van der Waals surface area contributed by atoms with Gasteiger partial charge < -0.3 is 18.6 Å². The highest BCUT2D eigenvalue weighted by Gasteiger charge is 2.25. The fourth-order valence-electron chi connectivity index (χ4n) is 9.76. The summed E-state index contributed by atoms with van der Waals surface area (Å²) >= 11 is 0. The van der Waals surface area contributed by atoms with Crippen molar-refractivity contribution >= 4 is 71.6 Å². The monoisotopic (exact) mass is 792 g/mol. The fourth-order valence-corrected chi connectivity index (χ4v) is 9.76. The van der Waals surface area contributed by atoms with Gasteiger partial charge in [-0.25, -0.2) is 0 Å². The largest absolute Gasteiger partial charge is 0.454 e. The smallest absolute Gasteiger partial charge is 0.159 e. The van der Waals surface area contributed by atoms with Crippen molar-refractivity contribution in [2.24, 2.45) is 0 Å². The van der Waals surface area contributed by atoms with Crippen molar-refractivity contribution < 1.29 is 9.15 Å². The third-order valence-corrected chi connectivity index (χ3v) is 12.6. The number of aromatic nitrogens is 1. The van der Waals surface area contributed by atoms with Crippen LogP contribution in [0, 0.1) is 0 Å². The minimum absolute atomic E-state index is 0.846. The van der Waals surface area contributed by atoms with Gasteiger partial charge in [-0.2, -0.15) is 0 Å². The van der Waals surface area contributed by atoms with E-state index in [1.165, 1.54) is 32.8 Å². The summed E-state index contributed by atoms with van der Waals surface area (Å²) in [6.07, 6.45) is 0. The van der Waals surface area contributed by atoms with Crippen LogP contribution >= 0.6 is 0 Å². The first-order chi connectivity index (χ1) is 30.7. The first kappa shape index (κ1) is 34.5. The molecule has 0 radical (unpaired) electrons. The Morgan fingerprint density at radius 1 is 0.387 bits per heavy atom. The van der Waals surface area contributed by atoms with Gasteiger partial charge in [-0.05, 0) is 105 Å². The van der Waals surface area contributed by atoms with Crippen molar-refractivity contribution in [1.82, 2.24) is 4.57 Å². The standard InChI is InChI=1S/C58H36N2O2/c1-2-17-43-38(13-1)14-10-20-44(43)40-16-9-15-39(35-40)37-29-32-42(33-30-37)59(53-25-11-22-48-46-19-4-7-26-54(46)62-58(48)53)50-23-5-3-18-45(50)41-31-34-51-49(36-41)47-21-12-28-56-57(47)60(51)52-24-6-8-27-55(52)61-56/h1-36H. The number of para-hydroxylation sites is 6. The first-order valence-corrected chi connectivity index (χ1v) is 21.1. The van der Waals surface area contributed by atoms with Gasteiger partial charge in [0.05, 0.1) is 28.1 Å². The lowest BCUT2D eigenvalue weighted by Gasteiger charge is -2.28. The Balaban J connectivity index is 0.978. The zero-order valence-corrected chi connectivity index (χ0v) is 33.5. The van der Waals surface area contributed by atoms with E-state index in [4.69, 9.17) is 9.15 Å². The molecule has 0 aliphatic carbocycles. The molecule has 4 nitrogen and oxygen atoms in total. The van der Waals surface area contributed by atoms with Gasteiger partial charge in [0.1, 0.15) is 5.58 Å². The second-order valence-corrected chi connectivity index (χ2v) is 16.0. The summed E-state index contributed by atoms with van der Waals surface area (Å²) in [7, 11) is 0. The summed E-state index contributed by atoms with van der Waals surface area (Å²) in [5.74, 6) is 1.73. The molecule has 0 bridgehead atoms. The molecule has 1 aliphatic rings. The van der Waals surface area contributed by atoms with E-state index in [1.807, 2.05) is 18.2 Å². The predicted octanol–water partition coefficient (Wildman–Crippen LogP) is 16.4. The van der Waals surface area contributed by atoms with Crippen LogP contribution in [0.5, 0.6) is 11.5 Å². The van der Waals surface area contributed by atoms with Gasteiger partial charge in [-0.1, -0.05) is 152 Å². The minimum Gasteiger partial charge on any atom is -0.454 e. The average molecular weight is 793 g/mol. The fraction of sp³-hybridized carbons (Fsp3) is 0. The summed E-state index contributed by atoms with van der Waals surface area (Å²) in [6.45, 7) is 0. The number of furan rings is 1. The summed E-state index contributed by atoms with van der Waals surface area (Å²) in [5.41, 5.74) is 15.0. The Morgan fingerprint density at radius 3 is 1.98 bits per heavy atom. The van der Waals surface area contributed by atoms with E-state index < -0.39 is 0 Å². The quantitative estimate of drug-likeness (QED) is 0.168.